The summed E-state index contributed by atoms with van der Waals surface area (Å²) in [6, 6.07) is 0. The Kier molecular flexibility index (Phi) is 3.42. The largest absolute Gasteiger partial charge is 0.393 e. The highest BCUT2D eigenvalue weighted by Gasteiger charge is 2.40. The predicted molar refractivity (Wildman–Crippen MR) is 47.9 cm³/mol. The van der Waals surface area contributed by atoms with E-state index < -0.39 is 24.4 Å². The Labute approximate surface area is 77.5 Å². The molecule has 1 rings (SSSR count). The van der Waals surface area contributed by atoms with E-state index in [4.69, 9.17) is 0 Å². The molecule has 0 aromatic heterocycles. The molecule has 13 heavy (non-hydrogen) atoms. The second-order valence-electron chi connectivity index (χ2n) is 3.77. The summed E-state index contributed by atoms with van der Waals surface area (Å²) in [5.41, 5.74) is 0. The fourth-order valence-electron chi connectivity index (χ4n) is 1.93. The standard InChI is InChI=1S/C10H16F2O/c1-3-7-4-5-8(6(2)13)10(12)9(7)11/h3,6-10,13H,1,4-5H2,2H3. The van der Waals surface area contributed by atoms with Gasteiger partial charge in [0.15, 0.2) is 0 Å². The number of aliphatic hydroxyl groups is 1. The molecule has 0 aliphatic heterocycles. The summed E-state index contributed by atoms with van der Waals surface area (Å²) >= 11 is 0. The minimum atomic E-state index is -1.54. The summed E-state index contributed by atoms with van der Waals surface area (Å²) in [4.78, 5) is 0. The molecule has 1 N–H and O–H groups in total. The summed E-state index contributed by atoms with van der Waals surface area (Å²) in [5, 5.41) is 9.19. The molecule has 0 spiro atoms. The van der Waals surface area contributed by atoms with Gasteiger partial charge in [0.25, 0.3) is 0 Å². The van der Waals surface area contributed by atoms with Gasteiger partial charge in [0.2, 0.25) is 0 Å². The molecular weight excluding hydrogens is 174 g/mol. The van der Waals surface area contributed by atoms with Gasteiger partial charge in [-0.25, -0.2) is 8.78 Å². The van der Waals surface area contributed by atoms with Crippen molar-refractivity contribution in [3.8, 4) is 0 Å². The monoisotopic (exact) mass is 190 g/mol. The van der Waals surface area contributed by atoms with Crippen molar-refractivity contribution in [3.63, 3.8) is 0 Å². The lowest BCUT2D eigenvalue weighted by molar-refractivity contribution is -0.0185. The molecule has 3 heteroatoms. The minimum absolute atomic E-state index is 0.384. The summed E-state index contributed by atoms with van der Waals surface area (Å²) in [5.74, 6) is -0.934. The van der Waals surface area contributed by atoms with Crippen molar-refractivity contribution in [3.05, 3.63) is 12.7 Å². The fraction of sp³-hybridized carbons (Fsp3) is 0.800. The molecule has 76 valence electrons. The molecule has 1 aliphatic carbocycles. The summed E-state index contributed by atoms with van der Waals surface area (Å²) in [7, 11) is 0. The Balaban J connectivity index is 2.64. The lowest BCUT2D eigenvalue weighted by atomic mass is 9.77. The topological polar surface area (TPSA) is 20.2 Å². The van der Waals surface area contributed by atoms with E-state index in [2.05, 4.69) is 6.58 Å². The first-order chi connectivity index (χ1) is 6.07. The molecule has 1 saturated carbocycles. The van der Waals surface area contributed by atoms with Crippen molar-refractivity contribution in [2.45, 2.75) is 38.2 Å². The number of hydrogen-bond acceptors (Lipinski definition) is 1. The predicted octanol–water partition coefficient (Wildman–Crippen LogP) is 2.26. The van der Waals surface area contributed by atoms with Crippen LogP contribution in [0.4, 0.5) is 8.78 Å². The third kappa shape index (κ3) is 2.08. The SMILES string of the molecule is C=CC1CCC(C(C)O)C(F)C1F. The highest BCUT2D eigenvalue weighted by atomic mass is 19.2. The Bertz CT molecular complexity index is 182. The zero-order chi connectivity index (χ0) is 10.0. The van der Waals surface area contributed by atoms with Crippen LogP contribution in [-0.2, 0) is 0 Å². The van der Waals surface area contributed by atoms with Gasteiger partial charge in [0.1, 0.15) is 12.3 Å². The molecule has 0 aromatic rings. The van der Waals surface area contributed by atoms with Crippen molar-refractivity contribution in [2.75, 3.05) is 0 Å². The van der Waals surface area contributed by atoms with Crippen LogP contribution in [0.15, 0.2) is 12.7 Å². The molecule has 5 atom stereocenters. The fourth-order valence-corrected chi connectivity index (χ4v) is 1.93. The summed E-state index contributed by atoms with van der Waals surface area (Å²) in [6.07, 6.45) is -1.21. The Morgan fingerprint density at radius 1 is 1.38 bits per heavy atom. The molecule has 0 saturated heterocycles. The van der Waals surface area contributed by atoms with Gasteiger partial charge in [-0.05, 0) is 19.8 Å². The minimum Gasteiger partial charge on any atom is -0.393 e. The van der Waals surface area contributed by atoms with Crippen LogP contribution in [0.2, 0.25) is 0 Å². The molecule has 0 bridgehead atoms. The van der Waals surface area contributed by atoms with Crippen LogP contribution in [0.3, 0.4) is 0 Å². The molecule has 0 aromatic carbocycles. The normalized spacial score (nSPS) is 42.8. The lowest BCUT2D eigenvalue weighted by Gasteiger charge is -2.34. The number of hydrogen-bond donors (Lipinski definition) is 1. The van der Waals surface area contributed by atoms with Crippen LogP contribution in [0.1, 0.15) is 19.8 Å². The molecule has 1 aliphatic rings. The van der Waals surface area contributed by atoms with Crippen LogP contribution in [0, 0.1) is 11.8 Å². The maximum Gasteiger partial charge on any atom is 0.138 e. The van der Waals surface area contributed by atoms with E-state index in [9.17, 15) is 13.9 Å². The van der Waals surface area contributed by atoms with Crippen LogP contribution >= 0.6 is 0 Å². The average Bonchev–Trinajstić information content (AvgIpc) is 2.09. The van der Waals surface area contributed by atoms with Gasteiger partial charge in [0.05, 0.1) is 6.10 Å². The summed E-state index contributed by atoms with van der Waals surface area (Å²) < 4.78 is 26.6. The first-order valence-electron chi connectivity index (χ1n) is 4.66. The molecule has 0 amide bonds. The van der Waals surface area contributed by atoms with Crippen LogP contribution < -0.4 is 0 Å². The number of halogens is 2. The Hall–Kier alpha value is -0.440. The maximum atomic E-state index is 13.3. The molecule has 5 unspecified atom stereocenters. The quantitative estimate of drug-likeness (QED) is 0.662. The number of alkyl halides is 2. The van der Waals surface area contributed by atoms with Gasteiger partial charge in [-0.15, -0.1) is 6.58 Å². The van der Waals surface area contributed by atoms with Gasteiger partial charge < -0.3 is 5.11 Å². The molecule has 0 radical (unpaired) electrons. The van der Waals surface area contributed by atoms with Crippen LogP contribution in [0.25, 0.3) is 0 Å². The molecular formula is C10H16F2O. The molecule has 1 fully saturated rings. The zero-order valence-electron chi connectivity index (χ0n) is 7.79. The van der Waals surface area contributed by atoms with Crippen molar-refractivity contribution in [2.24, 2.45) is 11.8 Å². The lowest BCUT2D eigenvalue weighted by Crippen LogP contribution is -2.41. The van der Waals surface area contributed by atoms with Gasteiger partial charge in [-0.1, -0.05) is 6.08 Å². The summed E-state index contributed by atoms with van der Waals surface area (Å²) in [6.45, 7) is 4.98. The van der Waals surface area contributed by atoms with E-state index >= 15 is 0 Å². The first kappa shape index (κ1) is 10.6. The third-order valence-corrected chi connectivity index (χ3v) is 2.88. The maximum absolute atomic E-state index is 13.3. The smallest absolute Gasteiger partial charge is 0.138 e. The number of rotatable bonds is 2. The van der Waals surface area contributed by atoms with Crippen LogP contribution in [0.5, 0.6) is 0 Å². The highest BCUT2D eigenvalue weighted by Crippen LogP contribution is 2.35. The van der Waals surface area contributed by atoms with Gasteiger partial charge in [-0.3, -0.25) is 0 Å². The van der Waals surface area contributed by atoms with Crippen molar-refractivity contribution in [1.82, 2.24) is 0 Å². The highest BCUT2D eigenvalue weighted by molar-refractivity contribution is 4.96. The molecule has 1 nitrogen and oxygen atoms in total. The second-order valence-corrected chi connectivity index (χ2v) is 3.77. The average molecular weight is 190 g/mol. The van der Waals surface area contributed by atoms with E-state index in [0.29, 0.717) is 12.8 Å². The van der Waals surface area contributed by atoms with Crippen molar-refractivity contribution in [1.29, 1.82) is 0 Å². The van der Waals surface area contributed by atoms with Crippen molar-refractivity contribution < 1.29 is 13.9 Å². The van der Waals surface area contributed by atoms with Crippen LogP contribution in [-0.4, -0.2) is 23.6 Å². The zero-order valence-corrected chi connectivity index (χ0v) is 7.79. The van der Waals surface area contributed by atoms with Gasteiger partial charge in [0, 0.05) is 11.8 Å². The second kappa shape index (κ2) is 4.18. The molecule has 0 heterocycles. The van der Waals surface area contributed by atoms with E-state index in [1.54, 1.807) is 0 Å². The number of allylic oxidation sites excluding steroid dienone is 1. The van der Waals surface area contributed by atoms with E-state index in [0.717, 1.165) is 0 Å². The first-order valence-corrected chi connectivity index (χ1v) is 4.66. The van der Waals surface area contributed by atoms with E-state index in [1.807, 2.05) is 0 Å². The van der Waals surface area contributed by atoms with Crippen molar-refractivity contribution >= 4 is 0 Å². The van der Waals surface area contributed by atoms with E-state index in [1.165, 1.54) is 13.0 Å². The van der Waals surface area contributed by atoms with E-state index in [-0.39, 0.29) is 5.92 Å². The van der Waals surface area contributed by atoms with Gasteiger partial charge >= 0.3 is 0 Å². The third-order valence-electron chi connectivity index (χ3n) is 2.88. The Morgan fingerprint density at radius 3 is 2.46 bits per heavy atom. The Morgan fingerprint density at radius 2 is 2.00 bits per heavy atom. The van der Waals surface area contributed by atoms with Gasteiger partial charge in [-0.2, -0.15) is 0 Å². The number of aliphatic hydroxyl groups excluding tert-OH is 1.